The van der Waals surface area contributed by atoms with Gasteiger partial charge in [0, 0.05) is 5.57 Å². The number of hydrogen-bond acceptors (Lipinski definition) is 3. The molecule has 0 bridgehead atoms. The molecule has 0 aromatic carbocycles. The normalized spacial score (nSPS) is 15.2. The standard InChI is InChI=1S/C8H14O5S/c1-6(8(9)10)4-3-5-7(2)14(11,12)13/h4,7H,3,5H2,1-2H3,(H,9,10)(H,11,12,13). The maximum absolute atomic E-state index is 10.6. The molecule has 6 heteroatoms. The van der Waals surface area contributed by atoms with Gasteiger partial charge in [0.1, 0.15) is 0 Å². The van der Waals surface area contributed by atoms with E-state index in [9.17, 15) is 13.2 Å². The highest BCUT2D eigenvalue weighted by Gasteiger charge is 2.15. The van der Waals surface area contributed by atoms with Gasteiger partial charge >= 0.3 is 5.97 Å². The van der Waals surface area contributed by atoms with E-state index in [1.54, 1.807) is 0 Å². The Morgan fingerprint density at radius 1 is 1.50 bits per heavy atom. The molecule has 0 aromatic heterocycles. The summed E-state index contributed by atoms with van der Waals surface area (Å²) in [6.45, 7) is 2.81. The lowest BCUT2D eigenvalue weighted by Gasteiger charge is -2.05. The molecule has 82 valence electrons. The van der Waals surface area contributed by atoms with Gasteiger partial charge in [0.05, 0.1) is 5.25 Å². The molecular formula is C8H14O5S. The highest BCUT2D eigenvalue weighted by Crippen LogP contribution is 2.08. The van der Waals surface area contributed by atoms with Gasteiger partial charge in [-0.05, 0) is 26.7 Å². The highest BCUT2D eigenvalue weighted by molar-refractivity contribution is 7.86. The number of rotatable bonds is 5. The van der Waals surface area contributed by atoms with Crippen molar-refractivity contribution in [3.8, 4) is 0 Å². The molecule has 0 spiro atoms. The van der Waals surface area contributed by atoms with E-state index in [0.29, 0.717) is 6.42 Å². The summed E-state index contributed by atoms with van der Waals surface area (Å²) >= 11 is 0. The van der Waals surface area contributed by atoms with Gasteiger partial charge in [-0.25, -0.2) is 4.79 Å². The Hall–Kier alpha value is -0.880. The zero-order valence-corrected chi connectivity index (χ0v) is 8.91. The van der Waals surface area contributed by atoms with E-state index in [2.05, 4.69) is 0 Å². The summed E-state index contributed by atoms with van der Waals surface area (Å²) in [6.07, 6.45) is 1.96. The van der Waals surface area contributed by atoms with E-state index in [4.69, 9.17) is 9.66 Å². The molecule has 0 saturated heterocycles. The molecule has 0 aliphatic carbocycles. The Bertz CT molecular complexity index is 328. The van der Waals surface area contributed by atoms with Crippen molar-refractivity contribution in [2.45, 2.75) is 31.9 Å². The lowest BCUT2D eigenvalue weighted by Crippen LogP contribution is -2.15. The van der Waals surface area contributed by atoms with E-state index in [1.165, 1.54) is 19.9 Å². The molecule has 0 heterocycles. The molecule has 0 rings (SSSR count). The first-order valence-corrected chi connectivity index (χ1v) is 5.62. The minimum Gasteiger partial charge on any atom is -0.478 e. The van der Waals surface area contributed by atoms with Crippen molar-refractivity contribution in [1.29, 1.82) is 0 Å². The minimum atomic E-state index is -4.00. The smallest absolute Gasteiger partial charge is 0.330 e. The van der Waals surface area contributed by atoms with Crippen LogP contribution in [0.3, 0.4) is 0 Å². The molecule has 0 aliphatic rings. The molecule has 2 N–H and O–H groups in total. The minimum absolute atomic E-state index is 0.174. The Labute approximate surface area is 83.2 Å². The Morgan fingerprint density at radius 3 is 2.36 bits per heavy atom. The summed E-state index contributed by atoms with van der Waals surface area (Å²) in [7, 11) is -4.00. The van der Waals surface area contributed by atoms with Crippen LogP contribution < -0.4 is 0 Å². The number of carbonyl (C=O) groups is 1. The Kier molecular flexibility index (Phi) is 4.79. The van der Waals surface area contributed by atoms with Crippen LogP contribution in [0.1, 0.15) is 26.7 Å². The zero-order chi connectivity index (χ0) is 11.4. The number of aliphatic carboxylic acids is 1. The van der Waals surface area contributed by atoms with Crippen LogP contribution in [0.15, 0.2) is 11.6 Å². The van der Waals surface area contributed by atoms with Gasteiger partial charge in [-0.1, -0.05) is 6.08 Å². The predicted molar refractivity (Wildman–Crippen MR) is 51.6 cm³/mol. The van der Waals surface area contributed by atoms with E-state index in [-0.39, 0.29) is 12.0 Å². The monoisotopic (exact) mass is 222 g/mol. The highest BCUT2D eigenvalue weighted by atomic mass is 32.2. The summed E-state index contributed by atoms with van der Waals surface area (Å²) < 4.78 is 29.7. The first-order chi connectivity index (χ1) is 6.25. The summed E-state index contributed by atoms with van der Waals surface area (Å²) in [5.41, 5.74) is 0.174. The van der Waals surface area contributed by atoms with Gasteiger partial charge in [0.25, 0.3) is 10.1 Å². The van der Waals surface area contributed by atoms with E-state index in [1.807, 2.05) is 0 Å². The largest absolute Gasteiger partial charge is 0.478 e. The first kappa shape index (κ1) is 13.1. The zero-order valence-electron chi connectivity index (χ0n) is 8.10. The van der Waals surface area contributed by atoms with E-state index < -0.39 is 21.3 Å². The first-order valence-electron chi connectivity index (χ1n) is 4.11. The second-order valence-electron chi connectivity index (χ2n) is 3.10. The molecular weight excluding hydrogens is 208 g/mol. The van der Waals surface area contributed by atoms with Gasteiger partial charge in [-0.3, -0.25) is 4.55 Å². The second kappa shape index (κ2) is 5.11. The summed E-state index contributed by atoms with van der Waals surface area (Å²) in [4.78, 5) is 10.3. The second-order valence-corrected chi connectivity index (χ2v) is 4.93. The topological polar surface area (TPSA) is 91.7 Å². The SMILES string of the molecule is CC(=CCCC(C)S(=O)(=O)O)C(=O)O. The summed E-state index contributed by atoms with van der Waals surface area (Å²) in [5.74, 6) is -1.02. The van der Waals surface area contributed by atoms with Crippen LogP contribution in [-0.4, -0.2) is 29.3 Å². The third kappa shape index (κ3) is 4.98. The molecule has 1 unspecified atom stereocenters. The molecule has 0 fully saturated rings. The van der Waals surface area contributed by atoms with Crippen molar-refractivity contribution in [3.63, 3.8) is 0 Å². The van der Waals surface area contributed by atoms with Gasteiger partial charge in [-0.15, -0.1) is 0 Å². The van der Waals surface area contributed by atoms with E-state index >= 15 is 0 Å². The van der Waals surface area contributed by atoms with Gasteiger partial charge in [-0.2, -0.15) is 8.42 Å². The average Bonchev–Trinajstić information content (AvgIpc) is 2.01. The fourth-order valence-corrected chi connectivity index (χ4v) is 1.20. The molecule has 0 aromatic rings. The van der Waals surface area contributed by atoms with Crippen LogP contribution in [0.25, 0.3) is 0 Å². The van der Waals surface area contributed by atoms with Crippen LogP contribution in [0, 0.1) is 0 Å². The van der Waals surface area contributed by atoms with Gasteiger partial charge in [0.15, 0.2) is 0 Å². The summed E-state index contributed by atoms with van der Waals surface area (Å²) in [6, 6.07) is 0. The quantitative estimate of drug-likeness (QED) is 0.536. The molecule has 5 nitrogen and oxygen atoms in total. The van der Waals surface area contributed by atoms with Crippen LogP contribution in [0.2, 0.25) is 0 Å². The van der Waals surface area contributed by atoms with Crippen LogP contribution in [0.4, 0.5) is 0 Å². The van der Waals surface area contributed by atoms with E-state index in [0.717, 1.165) is 0 Å². The fourth-order valence-electron chi connectivity index (χ4n) is 0.771. The lowest BCUT2D eigenvalue weighted by molar-refractivity contribution is -0.132. The molecule has 0 aliphatic heterocycles. The Balaban J connectivity index is 4.10. The van der Waals surface area contributed by atoms with Crippen molar-refractivity contribution < 1.29 is 22.9 Å². The maximum Gasteiger partial charge on any atom is 0.330 e. The third-order valence-corrected chi connectivity index (χ3v) is 3.12. The summed E-state index contributed by atoms with van der Waals surface area (Å²) in [5, 5.41) is 7.61. The predicted octanol–water partition coefficient (Wildman–Crippen LogP) is 1.07. The fraction of sp³-hybridized carbons (Fsp3) is 0.625. The third-order valence-electron chi connectivity index (χ3n) is 1.87. The number of hydrogen-bond donors (Lipinski definition) is 2. The molecule has 0 saturated carbocycles. The van der Waals surface area contributed by atoms with Crippen molar-refractivity contribution in [2.75, 3.05) is 0 Å². The number of allylic oxidation sites excluding steroid dienone is 1. The molecule has 1 atom stereocenters. The van der Waals surface area contributed by atoms with Crippen molar-refractivity contribution >= 4 is 16.1 Å². The van der Waals surface area contributed by atoms with Crippen molar-refractivity contribution in [2.24, 2.45) is 0 Å². The van der Waals surface area contributed by atoms with Gasteiger partial charge < -0.3 is 5.11 Å². The maximum atomic E-state index is 10.6. The van der Waals surface area contributed by atoms with Crippen LogP contribution in [0.5, 0.6) is 0 Å². The van der Waals surface area contributed by atoms with Crippen molar-refractivity contribution in [1.82, 2.24) is 0 Å². The number of carboxylic acid groups (broad SMARTS) is 1. The van der Waals surface area contributed by atoms with Crippen molar-refractivity contribution in [3.05, 3.63) is 11.6 Å². The average molecular weight is 222 g/mol. The Morgan fingerprint density at radius 2 is 2.00 bits per heavy atom. The number of carboxylic acids is 1. The molecule has 0 radical (unpaired) electrons. The van der Waals surface area contributed by atoms with Gasteiger partial charge in [0.2, 0.25) is 0 Å². The lowest BCUT2D eigenvalue weighted by atomic mass is 10.2. The van der Waals surface area contributed by atoms with Crippen LogP contribution >= 0.6 is 0 Å². The van der Waals surface area contributed by atoms with Crippen LogP contribution in [-0.2, 0) is 14.9 Å². The molecule has 0 amide bonds. The molecule has 14 heavy (non-hydrogen) atoms.